The minimum Gasteiger partial charge on any atom is -0.320 e. The number of benzene rings is 1. The van der Waals surface area contributed by atoms with E-state index in [0.717, 1.165) is 12.1 Å². The minimum atomic E-state index is -4.60. The van der Waals surface area contributed by atoms with Crippen molar-refractivity contribution in [2.75, 3.05) is 0 Å². The number of hydrogen-bond acceptors (Lipinski definition) is 3. The lowest BCUT2D eigenvalue weighted by atomic mass is 10.0. The van der Waals surface area contributed by atoms with Crippen molar-refractivity contribution < 1.29 is 18.1 Å². The highest BCUT2D eigenvalue weighted by Gasteiger charge is 2.37. The van der Waals surface area contributed by atoms with Gasteiger partial charge in [-0.15, -0.1) is 0 Å². The van der Waals surface area contributed by atoms with Crippen molar-refractivity contribution in [3.8, 4) is 0 Å². The number of nitro groups is 1. The highest BCUT2D eigenvalue weighted by Crippen LogP contribution is 2.27. The first-order chi connectivity index (χ1) is 7.71. The van der Waals surface area contributed by atoms with Crippen LogP contribution in [0, 0.1) is 10.1 Å². The largest absolute Gasteiger partial charge is 0.403 e. The Hall–Kier alpha value is -1.34. The topological polar surface area (TPSA) is 69.2 Å². The summed E-state index contributed by atoms with van der Waals surface area (Å²) in [5.41, 5.74) is 4.36. The summed E-state index contributed by atoms with van der Waals surface area (Å²) in [4.78, 5) is 9.84. The van der Waals surface area contributed by atoms with Crippen LogP contribution in [-0.2, 0) is 6.42 Å². The zero-order valence-electron chi connectivity index (χ0n) is 8.37. The van der Waals surface area contributed by atoms with E-state index in [1.54, 1.807) is 0 Å². The van der Waals surface area contributed by atoms with Crippen LogP contribution in [0.5, 0.6) is 0 Å². The molecule has 0 bridgehead atoms. The second-order valence-electron chi connectivity index (χ2n) is 3.38. The lowest BCUT2D eigenvalue weighted by Gasteiger charge is -2.15. The van der Waals surface area contributed by atoms with Gasteiger partial charge in [0.1, 0.15) is 6.04 Å². The highest BCUT2D eigenvalue weighted by molar-refractivity contribution is 6.30. The zero-order chi connectivity index (χ0) is 13.2. The molecular formula is C9H8ClF3N2O2. The smallest absolute Gasteiger partial charge is 0.320 e. The van der Waals surface area contributed by atoms with E-state index in [4.69, 9.17) is 17.3 Å². The SMILES string of the molecule is NC(Cc1cc(Cl)ccc1[N+](=O)[O-])C(F)(F)F. The molecule has 1 atom stereocenters. The fourth-order valence-corrected chi connectivity index (χ4v) is 1.44. The molecule has 8 heteroatoms. The quantitative estimate of drug-likeness (QED) is 0.677. The number of alkyl halides is 3. The highest BCUT2D eigenvalue weighted by atomic mass is 35.5. The van der Waals surface area contributed by atoms with Gasteiger partial charge in [-0.3, -0.25) is 10.1 Å². The molecule has 0 aliphatic rings. The van der Waals surface area contributed by atoms with Gasteiger partial charge < -0.3 is 5.73 Å². The molecule has 0 amide bonds. The minimum absolute atomic E-state index is 0.125. The summed E-state index contributed by atoms with van der Waals surface area (Å²) in [6.07, 6.45) is -5.28. The Labute approximate surface area is 99.3 Å². The molecule has 0 saturated heterocycles. The molecule has 1 aromatic carbocycles. The molecule has 94 valence electrons. The number of rotatable bonds is 3. The van der Waals surface area contributed by atoms with Gasteiger partial charge in [-0.1, -0.05) is 11.6 Å². The Bertz CT molecular complexity index is 437. The Kier molecular flexibility index (Phi) is 3.94. The number of nitro benzene ring substituents is 1. The molecule has 0 aliphatic heterocycles. The molecule has 0 radical (unpaired) electrons. The fourth-order valence-electron chi connectivity index (χ4n) is 1.25. The second kappa shape index (κ2) is 4.89. The zero-order valence-corrected chi connectivity index (χ0v) is 9.13. The van der Waals surface area contributed by atoms with Gasteiger partial charge in [0.2, 0.25) is 0 Å². The predicted molar refractivity (Wildman–Crippen MR) is 55.8 cm³/mol. The van der Waals surface area contributed by atoms with Crippen LogP contribution in [-0.4, -0.2) is 17.1 Å². The van der Waals surface area contributed by atoms with Crippen LogP contribution in [0.4, 0.5) is 18.9 Å². The van der Waals surface area contributed by atoms with Crippen LogP contribution in [0.1, 0.15) is 5.56 Å². The van der Waals surface area contributed by atoms with Gasteiger partial charge in [0, 0.05) is 23.1 Å². The van der Waals surface area contributed by atoms with Crippen molar-refractivity contribution in [1.29, 1.82) is 0 Å². The fraction of sp³-hybridized carbons (Fsp3) is 0.333. The molecule has 0 fully saturated rings. The molecule has 1 rings (SSSR count). The van der Waals surface area contributed by atoms with Crippen LogP contribution in [0.25, 0.3) is 0 Å². The Morgan fingerprint density at radius 2 is 2.06 bits per heavy atom. The second-order valence-corrected chi connectivity index (χ2v) is 3.82. The normalized spacial score (nSPS) is 13.5. The first-order valence-corrected chi connectivity index (χ1v) is 4.84. The Morgan fingerprint density at radius 1 is 1.47 bits per heavy atom. The maximum Gasteiger partial charge on any atom is 0.403 e. The van der Waals surface area contributed by atoms with Gasteiger partial charge in [-0.25, -0.2) is 0 Å². The number of halogens is 4. The van der Waals surface area contributed by atoms with E-state index in [-0.39, 0.29) is 10.6 Å². The molecule has 1 unspecified atom stereocenters. The van der Waals surface area contributed by atoms with Crippen LogP contribution in [0.15, 0.2) is 18.2 Å². The van der Waals surface area contributed by atoms with Crippen molar-refractivity contribution >= 4 is 17.3 Å². The molecule has 0 aliphatic carbocycles. The Morgan fingerprint density at radius 3 is 2.53 bits per heavy atom. The van der Waals surface area contributed by atoms with Crippen molar-refractivity contribution in [3.05, 3.63) is 38.9 Å². The van der Waals surface area contributed by atoms with E-state index in [0.29, 0.717) is 0 Å². The number of nitrogens with zero attached hydrogens (tertiary/aromatic N) is 1. The summed E-state index contributed by atoms with van der Waals surface area (Å²) in [6, 6.07) is 1.26. The first-order valence-electron chi connectivity index (χ1n) is 4.47. The van der Waals surface area contributed by atoms with Gasteiger partial charge in [0.15, 0.2) is 0 Å². The summed E-state index contributed by atoms with van der Waals surface area (Å²) in [6.45, 7) is 0. The van der Waals surface area contributed by atoms with Crippen LogP contribution >= 0.6 is 11.6 Å². The predicted octanol–water partition coefficient (Wildman–Crippen LogP) is 2.68. The van der Waals surface area contributed by atoms with Gasteiger partial charge in [-0.05, 0) is 12.1 Å². The molecule has 0 spiro atoms. The van der Waals surface area contributed by atoms with Crippen molar-refractivity contribution in [2.24, 2.45) is 5.73 Å². The van der Waals surface area contributed by atoms with E-state index in [2.05, 4.69) is 0 Å². The number of hydrogen-bond donors (Lipinski definition) is 1. The monoisotopic (exact) mass is 268 g/mol. The summed E-state index contributed by atoms with van der Waals surface area (Å²) < 4.78 is 36.7. The van der Waals surface area contributed by atoms with Crippen molar-refractivity contribution in [3.63, 3.8) is 0 Å². The van der Waals surface area contributed by atoms with Crippen molar-refractivity contribution in [1.82, 2.24) is 0 Å². The summed E-state index contributed by atoms with van der Waals surface area (Å²) in [5, 5.41) is 10.7. The molecule has 4 nitrogen and oxygen atoms in total. The van der Waals surface area contributed by atoms with Gasteiger partial charge in [0.05, 0.1) is 4.92 Å². The third-order valence-electron chi connectivity index (χ3n) is 2.10. The molecule has 0 saturated carbocycles. The third kappa shape index (κ3) is 3.57. The summed E-state index contributed by atoms with van der Waals surface area (Å²) in [5.74, 6) is 0. The standard InChI is InChI=1S/C9H8ClF3N2O2/c10-6-1-2-7(15(16)17)5(3-6)4-8(14)9(11,12)13/h1-3,8H,4,14H2. The van der Waals surface area contributed by atoms with E-state index < -0.39 is 29.2 Å². The first kappa shape index (κ1) is 13.7. The molecule has 2 N–H and O–H groups in total. The van der Waals surface area contributed by atoms with Crippen LogP contribution in [0.3, 0.4) is 0 Å². The van der Waals surface area contributed by atoms with Crippen LogP contribution in [0.2, 0.25) is 5.02 Å². The molecular weight excluding hydrogens is 261 g/mol. The summed E-state index contributed by atoms with van der Waals surface area (Å²) in [7, 11) is 0. The lowest BCUT2D eigenvalue weighted by molar-refractivity contribution is -0.385. The van der Waals surface area contributed by atoms with E-state index in [9.17, 15) is 23.3 Å². The maximum absolute atomic E-state index is 12.2. The third-order valence-corrected chi connectivity index (χ3v) is 2.33. The molecule has 0 heterocycles. The van der Waals surface area contributed by atoms with Gasteiger partial charge >= 0.3 is 6.18 Å². The van der Waals surface area contributed by atoms with E-state index in [1.807, 2.05) is 0 Å². The molecule has 17 heavy (non-hydrogen) atoms. The van der Waals surface area contributed by atoms with Gasteiger partial charge in [-0.2, -0.15) is 13.2 Å². The maximum atomic E-state index is 12.2. The van der Waals surface area contributed by atoms with Crippen molar-refractivity contribution in [2.45, 2.75) is 18.6 Å². The Balaban J connectivity index is 3.04. The molecule has 1 aromatic rings. The van der Waals surface area contributed by atoms with E-state index >= 15 is 0 Å². The van der Waals surface area contributed by atoms with E-state index in [1.165, 1.54) is 6.07 Å². The van der Waals surface area contributed by atoms with Gasteiger partial charge in [0.25, 0.3) is 5.69 Å². The average molecular weight is 269 g/mol. The lowest BCUT2D eigenvalue weighted by Crippen LogP contribution is -2.39. The molecule has 0 aromatic heterocycles. The summed E-state index contributed by atoms with van der Waals surface area (Å²) >= 11 is 5.57. The van der Waals surface area contributed by atoms with Crippen LogP contribution < -0.4 is 5.73 Å². The number of nitrogens with two attached hydrogens (primary N) is 1. The average Bonchev–Trinajstić information content (AvgIpc) is 2.15.